The Morgan fingerprint density at radius 3 is 3.00 bits per heavy atom. The SMILES string of the molecule is O=C(NNc1ccc2nncn2n1)c1cccc(F)c1. The van der Waals surface area contributed by atoms with Gasteiger partial charge in [-0.25, -0.2) is 4.39 Å². The van der Waals surface area contributed by atoms with E-state index in [-0.39, 0.29) is 5.56 Å². The summed E-state index contributed by atoms with van der Waals surface area (Å²) in [6.45, 7) is 0. The summed E-state index contributed by atoms with van der Waals surface area (Å²) in [5.74, 6) is -0.529. The summed E-state index contributed by atoms with van der Waals surface area (Å²) in [5, 5.41) is 11.6. The van der Waals surface area contributed by atoms with Crippen LogP contribution in [0.15, 0.2) is 42.7 Å². The van der Waals surface area contributed by atoms with Gasteiger partial charge >= 0.3 is 0 Å². The number of hydrogen-bond acceptors (Lipinski definition) is 5. The van der Waals surface area contributed by atoms with E-state index in [1.165, 1.54) is 29.0 Å². The molecule has 0 aliphatic heterocycles. The standard InChI is InChI=1S/C12H9FN6O/c13-9-3-1-2-8(6-9)12(20)17-15-10-4-5-11-16-14-7-19(11)18-10/h1-7H,(H,15,18)(H,17,20). The summed E-state index contributed by atoms with van der Waals surface area (Å²) < 4.78 is 14.5. The molecule has 2 N–H and O–H groups in total. The first-order valence-electron chi connectivity index (χ1n) is 5.71. The van der Waals surface area contributed by atoms with Crippen molar-refractivity contribution in [3.05, 3.63) is 54.1 Å². The largest absolute Gasteiger partial charge is 0.280 e. The van der Waals surface area contributed by atoms with Crippen molar-refractivity contribution in [1.82, 2.24) is 25.2 Å². The number of hydrazine groups is 1. The topological polar surface area (TPSA) is 84.2 Å². The van der Waals surface area contributed by atoms with Gasteiger partial charge in [0.1, 0.15) is 12.1 Å². The zero-order valence-electron chi connectivity index (χ0n) is 10.1. The fourth-order valence-electron chi connectivity index (χ4n) is 1.62. The molecule has 0 saturated carbocycles. The smallest absolute Gasteiger partial charge is 0.269 e. The fourth-order valence-corrected chi connectivity index (χ4v) is 1.62. The maximum Gasteiger partial charge on any atom is 0.269 e. The zero-order valence-corrected chi connectivity index (χ0v) is 10.1. The molecule has 0 aliphatic carbocycles. The van der Waals surface area contributed by atoms with Crippen LogP contribution in [0.3, 0.4) is 0 Å². The van der Waals surface area contributed by atoms with Gasteiger partial charge in [-0.3, -0.25) is 15.6 Å². The number of rotatable bonds is 3. The minimum Gasteiger partial charge on any atom is -0.280 e. The lowest BCUT2D eigenvalue weighted by molar-refractivity contribution is 0.0962. The van der Waals surface area contributed by atoms with Crippen molar-refractivity contribution in [3.63, 3.8) is 0 Å². The molecule has 100 valence electrons. The highest BCUT2D eigenvalue weighted by Gasteiger charge is 2.06. The normalized spacial score (nSPS) is 10.4. The van der Waals surface area contributed by atoms with E-state index in [9.17, 15) is 9.18 Å². The number of anilines is 1. The Hall–Kier alpha value is -3.03. The quantitative estimate of drug-likeness (QED) is 0.695. The molecule has 3 aromatic rings. The van der Waals surface area contributed by atoms with Crippen molar-refractivity contribution >= 4 is 17.4 Å². The molecule has 2 aromatic heterocycles. The lowest BCUT2D eigenvalue weighted by Crippen LogP contribution is -2.30. The minimum atomic E-state index is -0.471. The summed E-state index contributed by atoms with van der Waals surface area (Å²) >= 11 is 0. The molecule has 0 bridgehead atoms. The number of hydrogen-bond donors (Lipinski definition) is 2. The van der Waals surface area contributed by atoms with Gasteiger partial charge in [0.25, 0.3) is 5.91 Å². The molecular formula is C12H9FN6O. The third-order valence-electron chi connectivity index (χ3n) is 2.55. The first-order valence-corrected chi connectivity index (χ1v) is 5.71. The molecule has 8 heteroatoms. The molecule has 2 heterocycles. The monoisotopic (exact) mass is 272 g/mol. The van der Waals surface area contributed by atoms with Crippen LogP contribution in [-0.4, -0.2) is 25.7 Å². The predicted octanol–water partition coefficient (Wildman–Crippen LogP) is 1.02. The zero-order chi connectivity index (χ0) is 13.9. The van der Waals surface area contributed by atoms with E-state index < -0.39 is 11.7 Å². The van der Waals surface area contributed by atoms with E-state index in [0.717, 1.165) is 6.07 Å². The summed E-state index contributed by atoms with van der Waals surface area (Å²) in [7, 11) is 0. The molecule has 0 unspecified atom stereocenters. The van der Waals surface area contributed by atoms with Gasteiger partial charge in [0.2, 0.25) is 0 Å². The molecular weight excluding hydrogens is 263 g/mol. The fraction of sp³-hybridized carbons (Fsp3) is 0. The summed E-state index contributed by atoms with van der Waals surface area (Å²) in [6.07, 6.45) is 1.44. The van der Waals surface area contributed by atoms with Gasteiger partial charge in [-0.2, -0.15) is 4.52 Å². The van der Waals surface area contributed by atoms with Crippen LogP contribution in [0.4, 0.5) is 10.2 Å². The molecule has 7 nitrogen and oxygen atoms in total. The van der Waals surface area contributed by atoms with Crippen LogP contribution in [0, 0.1) is 5.82 Å². The highest BCUT2D eigenvalue weighted by Crippen LogP contribution is 2.05. The molecule has 0 aliphatic rings. The van der Waals surface area contributed by atoms with Crippen molar-refractivity contribution in [2.45, 2.75) is 0 Å². The molecule has 0 spiro atoms. The van der Waals surface area contributed by atoms with E-state index >= 15 is 0 Å². The van der Waals surface area contributed by atoms with Crippen LogP contribution in [-0.2, 0) is 0 Å². The molecule has 3 rings (SSSR count). The minimum absolute atomic E-state index is 0.211. The van der Waals surface area contributed by atoms with Gasteiger partial charge in [-0.1, -0.05) is 6.07 Å². The Morgan fingerprint density at radius 1 is 1.25 bits per heavy atom. The van der Waals surface area contributed by atoms with Gasteiger partial charge in [0.15, 0.2) is 11.5 Å². The van der Waals surface area contributed by atoms with Crippen molar-refractivity contribution in [1.29, 1.82) is 0 Å². The summed E-state index contributed by atoms with van der Waals surface area (Å²) in [6, 6.07) is 8.72. The Kier molecular flexibility index (Phi) is 2.96. The Balaban J connectivity index is 1.71. The molecule has 1 amide bonds. The summed E-state index contributed by atoms with van der Waals surface area (Å²) in [4.78, 5) is 11.8. The van der Waals surface area contributed by atoms with Crippen LogP contribution < -0.4 is 10.9 Å². The number of nitrogens with zero attached hydrogens (tertiary/aromatic N) is 4. The number of fused-ring (bicyclic) bond motifs is 1. The first-order chi connectivity index (χ1) is 9.72. The third-order valence-corrected chi connectivity index (χ3v) is 2.55. The van der Waals surface area contributed by atoms with E-state index in [1.54, 1.807) is 12.1 Å². The van der Waals surface area contributed by atoms with Gasteiger partial charge < -0.3 is 0 Å². The maximum atomic E-state index is 13.0. The van der Waals surface area contributed by atoms with E-state index in [4.69, 9.17) is 0 Å². The second-order valence-electron chi connectivity index (χ2n) is 3.94. The number of carbonyl (C=O) groups excluding carboxylic acids is 1. The number of benzene rings is 1. The predicted molar refractivity (Wildman–Crippen MR) is 68.3 cm³/mol. The number of halogens is 1. The van der Waals surface area contributed by atoms with Crippen LogP contribution >= 0.6 is 0 Å². The highest BCUT2D eigenvalue weighted by atomic mass is 19.1. The van der Waals surface area contributed by atoms with Crippen molar-refractivity contribution in [2.24, 2.45) is 0 Å². The molecule has 1 aromatic carbocycles. The Bertz CT molecular complexity index is 771. The molecule has 0 fully saturated rings. The average molecular weight is 272 g/mol. The van der Waals surface area contributed by atoms with Gasteiger partial charge in [-0.05, 0) is 30.3 Å². The van der Waals surface area contributed by atoms with Crippen LogP contribution in [0.25, 0.3) is 5.65 Å². The van der Waals surface area contributed by atoms with E-state index in [0.29, 0.717) is 11.5 Å². The van der Waals surface area contributed by atoms with E-state index in [2.05, 4.69) is 26.1 Å². The van der Waals surface area contributed by atoms with E-state index in [1.807, 2.05) is 0 Å². The van der Waals surface area contributed by atoms with Crippen LogP contribution in [0.2, 0.25) is 0 Å². The van der Waals surface area contributed by atoms with Gasteiger partial charge in [0.05, 0.1) is 0 Å². The third kappa shape index (κ3) is 2.39. The number of aromatic nitrogens is 4. The number of carbonyl (C=O) groups is 1. The highest BCUT2D eigenvalue weighted by molar-refractivity contribution is 5.94. The molecule has 0 radical (unpaired) electrons. The lowest BCUT2D eigenvalue weighted by atomic mass is 10.2. The molecule has 0 saturated heterocycles. The van der Waals surface area contributed by atoms with Crippen molar-refractivity contribution < 1.29 is 9.18 Å². The summed E-state index contributed by atoms with van der Waals surface area (Å²) in [5.41, 5.74) is 5.86. The number of amides is 1. The van der Waals surface area contributed by atoms with Crippen LogP contribution in [0.1, 0.15) is 10.4 Å². The second-order valence-corrected chi connectivity index (χ2v) is 3.94. The van der Waals surface area contributed by atoms with Gasteiger partial charge in [0, 0.05) is 5.56 Å². The molecule has 20 heavy (non-hydrogen) atoms. The second kappa shape index (κ2) is 4.92. The Morgan fingerprint density at radius 2 is 2.15 bits per heavy atom. The Labute approximate surface area is 112 Å². The maximum absolute atomic E-state index is 13.0. The van der Waals surface area contributed by atoms with Crippen LogP contribution in [0.5, 0.6) is 0 Å². The first kappa shape index (κ1) is 12.0. The number of nitrogens with one attached hydrogen (secondary N) is 2. The van der Waals surface area contributed by atoms with Gasteiger partial charge in [-0.15, -0.1) is 15.3 Å². The lowest BCUT2D eigenvalue weighted by Gasteiger charge is -2.07. The van der Waals surface area contributed by atoms with Crippen molar-refractivity contribution in [3.8, 4) is 0 Å². The van der Waals surface area contributed by atoms with Crippen molar-refractivity contribution in [2.75, 3.05) is 5.43 Å². The molecule has 0 atom stereocenters. The average Bonchev–Trinajstić information content (AvgIpc) is 2.92.